The van der Waals surface area contributed by atoms with E-state index in [4.69, 9.17) is 9.84 Å². The van der Waals surface area contributed by atoms with Crippen molar-refractivity contribution in [2.24, 2.45) is 0 Å². The van der Waals surface area contributed by atoms with Gasteiger partial charge in [-0.15, -0.1) is 19.7 Å². The van der Waals surface area contributed by atoms with Crippen molar-refractivity contribution < 1.29 is 14.6 Å². The molecule has 102 valence electrons. The monoisotopic (exact) mass is 284 g/mol. The van der Waals surface area contributed by atoms with Gasteiger partial charge >= 0.3 is 6.16 Å². The largest absolute Gasteiger partial charge is 0.505 e. The summed E-state index contributed by atoms with van der Waals surface area (Å²) in [5.41, 5.74) is 5.99. The fourth-order valence-corrected chi connectivity index (χ4v) is 5.81. The molecule has 0 bridgehead atoms. The van der Waals surface area contributed by atoms with Crippen LogP contribution in [0.3, 0.4) is 0 Å². The van der Waals surface area contributed by atoms with Crippen molar-refractivity contribution in [2.75, 3.05) is 6.23 Å². The second-order valence-corrected chi connectivity index (χ2v) is 14.4. The normalized spacial score (nSPS) is 11.7. The summed E-state index contributed by atoms with van der Waals surface area (Å²) in [6, 6.07) is 2.09. The van der Waals surface area contributed by atoms with Crippen LogP contribution in [0.4, 0.5) is 4.79 Å². The molecule has 0 aromatic carbocycles. The van der Waals surface area contributed by atoms with Crippen LogP contribution < -0.4 is 0 Å². The summed E-state index contributed by atoms with van der Waals surface area (Å²) in [7, 11) is -3.29. The van der Waals surface area contributed by atoms with E-state index in [1.54, 1.807) is 0 Å². The molecule has 0 saturated carbocycles. The van der Waals surface area contributed by atoms with Crippen LogP contribution >= 0.6 is 0 Å². The molecule has 0 aromatic heterocycles. The number of hydrogen-bond donors (Lipinski definition) is 1. The summed E-state index contributed by atoms with van der Waals surface area (Å²) in [4.78, 5) is 10.4. The molecule has 0 aliphatic rings. The molecule has 5 heteroatoms. The smallest absolute Gasteiger partial charge is 0.450 e. The van der Waals surface area contributed by atoms with Gasteiger partial charge in [-0.1, -0.05) is 42.7 Å². The van der Waals surface area contributed by atoms with Gasteiger partial charge in [0.1, 0.15) is 8.07 Å². The Kier molecular flexibility index (Phi) is 6.94. The molecule has 0 spiro atoms. The Balaban J connectivity index is 4.23. The zero-order chi connectivity index (χ0) is 14.2. The molecule has 18 heavy (non-hydrogen) atoms. The molecule has 3 nitrogen and oxygen atoms in total. The number of carboxylic acid groups (broad SMARTS) is 1. The van der Waals surface area contributed by atoms with E-state index in [-0.39, 0.29) is 0 Å². The van der Waals surface area contributed by atoms with E-state index in [0.717, 1.165) is 18.5 Å². The van der Waals surface area contributed by atoms with E-state index in [2.05, 4.69) is 32.8 Å². The molecular formula is C13H24O3Si2. The first-order valence-electron chi connectivity index (χ1n) is 6.07. The minimum atomic E-state index is -1.71. The third kappa shape index (κ3) is 6.02. The zero-order valence-corrected chi connectivity index (χ0v) is 13.4. The third-order valence-electron chi connectivity index (χ3n) is 3.19. The summed E-state index contributed by atoms with van der Waals surface area (Å²) in [6.07, 6.45) is 0.244. The van der Waals surface area contributed by atoms with Gasteiger partial charge in [-0.05, 0) is 6.04 Å². The molecule has 0 fully saturated rings. The van der Waals surface area contributed by atoms with Gasteiger partial charge in [0.15, 0.2) is 0 Å². The van der Waals surface area contributed by atoms with E-state index in [1.165, 1.54) is 0 Å². The van der Waals surface area contributed by atoms with Crippen LogP contribution in [0, 0.1) is 0 Å². The Bertz CT molecular complexity index is 302. The van der Waals surface area contributed by atoms with Gasteiger partial charge in [-0.3, -0.25) is 0 Å². The second kappa shape index (κ2) is 7.38. The molecule has 0 saturated heterocycles. The summed E-state index contributed by atoms with van der Waals surface area (Å²) in [5.74, 6) is 0. The highest BCUT2D eigenvalue weighted by molar-refractivity contribution is 6.93. The quantitative estimate of drug-likeness (QED) is 0.515. The Morgan fingerprint density at radius 2 is 1.67 bits per heavy atom. The average Bonchev–Trinajstić information content (AvgIpc) is 2.33. The minimum absolute atomic E-state index is 0.368. The van der Waals surface area contributed by atoms with Crippen LogP contribution in [0.15, 0.2) is 36.8 Å². The molecule has 0 rings (SSSR count). The maximum Gasteiger partial charge on any atom is 0.505 e. The Morgan fingerprint density at radius 1 is 1.17 bits per heavy atom. The number of hydrogen-bond acceptors (Lipinski definition) is 2. The summed E-state index contributed by atoms with van der Waals surface area (Å²) < 4.78 is 4.70. The first-order chi connectivity index (χ1) is 8.31. The van der Waals surface area contributed by atoms with Crippen molar-refractivity contribution in [1.82, 2.24) is 0 Å². The summed E-state index contributed by atoms with van der Waals surface area (Å²) >= 11 is 0. The minimum Gasteiger partial charge on any atom is -0.450 e. The van der Waals surface area contributed by atoms with Crippen molar-refractivity contribution in [1.29, 1.82) is 0 Å². The molecule has 0 amide bonds. The average molecular weight is 285 g/mol. The first-order valence-corrected chi connectivity index (χ1v) is 11.9. The lowest BCUT2D eigenvalue weighted by molar-refractivity contribution is 0.105. The van der Waals surface area contributed by atoms with Gasteiger partial charge in [0, 0.05) is 0 Å². The second-order valence-electron chi connectivity index (χ2n) is 5.30. The maximum atomic E-state index is 10.4. The lowest BCUT2D eigenvalue weighted by Gasteiger charge is -2.24. The van der Waals surface area contributed by atoms with E-state index in [0.29, 0.717) is 6.23 Å². The molecule has 1 N–H and O–H groups in total. The van der Waals surface area contributed by atoms with Crippen molar-refractivity contribution >= 4 is 22.3 Å². The van der Waals surface area contributed by atoms with Gasteiger partial charge in [0.2, 0.25) is 0 Å². The predicted molar refractivity (Wildman–Crippen MR) is 82.0 cm³/mol. The highest BCUT2D eigenvalue weighted by Gasteiger charge is 2.26. The van der Waals surface area contributed by atoms with E-state index < -0.39 is 22.3 Å². The van der Waals surface area contributed by atoms with E-state index >= 15 is 0 Å². The topological polar surface area (TPSA) is 46.5 Å². The van der Waals surface area contributed by atoms with Gasteiger partial charge in [-0.2, -0.15) is 0 Å². The zero-order valence-electron chi connectivity index (χ0n) is 11.4. The van der Waals surface area contributed by atoms with Crippen LogP contribution in [-0.2, 0) is 4.74 Å². The standard InChI is InChI=1S/C13H24O3Si2/c1-6-18(7-2,8-3)11-9-10-17(4,5)12-16-13(14)15/h6-8H,1-3,9-12H2,4-5H3,(H,14,15). The first kappa shape index (κ1) is 16.9. The number of rotatable bonds is 9. The van der Waals surface area contributed by atoms with Gasteiger partial charge in [-0.25, -0.2) is 4.79 Å². The van der Waals surface area contributed by atoms with Gasteiger partial charge in [0.05, 0.1) is 14.3 Å². The fraction of sp³-hybridized carbons (Fsp3) is 0.462. The third-order valence-corrected chi connectivity index (χ3v) is 9.32. The Hall–Kier alpha value is -1.08. The van der Waals surface area contributed by atoms with Crippen molar-refractivity contribution in [3.8, 4) is 0 Å². The van der Waals surface area contributed by atoms with Gasteiger partial charge < -0.3 is 9.84 Å². The van der Waals surface area contributed by atoms with Crippen LogP contribution in [0.5, 0.6) is 0 Å². The molecule has 0 unspecified atom stereocenters. The highest BCUT2D eigenvalue weighted by Crippen LogP contribution is 2.22. The van der Waals surface area contributed by atoms with Crippen molar-refractivity contribution in [3.63, 3.8) is 0 Å². The lowest BCUT2D eigenvalue weighted by atomic mass is 10.6. The van der Waals surface area contributed by atoms with Crippen LogP contribution in [0.2, 0.25) is 25.2 Å². The van der Waals surface area contributed by atoms with E-state index in [1.807, 2.05) is 17.1 Å². The highest BCUT2D eigenvalue weighted by atomic mass is 28.3. The number of ether oxygens (including phenoxy) is 1. The van der Waals surface area contributed by atoms with Crippen LogP contribution in [0.25, 0.3) is 0 Å². The predicted octanol–water partition coefficient (Wildman–Crippen LogP) is 3.94. The van der Waals surface area contributed by atoms with Crippen LogP contribution in [-0.4, -0.2) is 33.6 Å². The fourth-order valence-electron chi connectivity index (χ4n) is 1.76. The summed E-state index contributed by atoms with van der Waals surface area (Å²) in [5, 5.41) is 8.51. The SMILES string of the molecule is C=C[Si](C=C)(C=C)CCC[Si](C)(C)COC(=O)O. The molecule has 0 radical (unpaired) electrons. The molecular weight excluding hydrogens is 260 g/mol. The Morgan fingerprint density at radius 3 is 2.06 bits per heavy atom. The summed E-state index contributed by atoms with van der Waals surface area (Å²) in [6.45, 7) is 15.9. The number of carbonyl (C=O) groups is 1. The molecule has 0 heterocycles. The molecule has 0 aliphatic heterocycles. The van der Waals surface area contributed by atoms with E-state index in [9.17, 15) is 4.79 Å². The molecule has 0 atom stereocenters. The molecule has 0 aromatic rings. The lowest BCUT2D eigenvalue weighted by Crippen LogP contribution is -2.35. The van der Waals surface area contributed by atoms with Crippen molar-refractivity contribution in [3.05, 3.63) is 36.8 Å². The van der Waals surface area contributed by atoms with Crippen molar-refractivity contribution in [2.45, 2.75) is 31.6 Å². The Labute approximate surface area is 112 Å². The van der Waals surface area contributed by atoms with Gasteiger partial charge in [0.25, 0.3) is 0 Å². The molecule has 0 aliphatic carbocycles. The maximum absolute atomic E-state index is 10.4. The van der Waals surface area contributed by atoms with Crippen LogP contribution in [0.1, 0.15) is 6.42 Å².